The third-order valence-electron chi connectivity index (χ3n) is 2.75. The van der Waals surface area contributed by atoms with Crippen molar-refractivity contribution in [2.75, 3.05) is 12.3 Å². The van der Waals surface area contributed by atoms with Crippen LogP contribution in [0.1, 0.15) is 6.23 Å². The third-order valence-corrected chi connectivity index (χ3v) is 3.05. The van der Waals surface area contributed by atoms with Gasteiger partial charge in [-0.25, -0.2) is 0 Å². The van der Waals surface area contributed by atoms with Crippen molar-refractivity contribution in [3.05, 3.63) is 11.0 Å². The van der Waals surface area contributed by atoms with Crippen LogP contribution in [0.3, 0.4) is 0 Å². The van der Waals surface area contributed by atoms with E-state index in [4.69, 9.17) is 27.8 Å². The molecule has 1 aliphatic rings. The lowest BCUT2D eigenvalue weighted by atomic mass is 10.1. The zero-order valence-corrected chi connectivity index (χ0v) is 9.99. The molecule has 1 fully saturated rings. The highest BCUT2D eigenvalue weighted by Gasteiger charge is 2.43. The van der Waals surface area contributed by atoms with E-state index in [9.17, 15) is 15.3 Å². The Kier molecular flexibility index (Phi) is 3.50. The number of hydrogen-bond donors (Lipinski definition) is 5. The summed E-state index contributed by atoms with van der Waals surface area (Å²) in [6.07, 6.45) is -3.35. The minimum atomic E-state index is -1.29. The van der Waals surface area contributed by atoms with Gasteiger partial charge in [0, 0.05) is 0 Å². The number of nitrogens with zero attached hydrogens (tertiary/aromatic N) is 2. The van der Waals surface area contributed by atoms with E-state index >= 15 is 0 Å². The fourth-order valence-electron chi connectivity index (χ4n) is 1.76. The van der Waals surface area contributed by atoms with E-state index in [0.29, 0.717) is 0 Å². The number of aliphatic hydroxyl groups excluding tert-OH is 3. The summed E-state index contributed by atoms with van der Waals surface area (Å²) >= 11 is 4.93. The van der Waals surface area contributed by atoms with Crippen molar-refractivity contribution in [3.63, 3.8) is 0 Å². The molecule has 2 rings (SSSR count). The summed E-state index contributed by atoms with van der Waals surface area (Å²) in [6, 6.07) is 0. The number of nitrogens with two attached hydrogens (primary N) is 1. The number of hydrogen-bond acceptors (Lipinski definition) is 8. The van der Waals surface area contributed by atoms with Crippen LogP contribution < -0.4 is 5.73 Å². The largest absolute Gasteiger partial charge is 0.503 e. The molecular formula is C9H13N3O5S. The molecule has 1 aromatic heterocycles. The Balaban J connectivity index is 2.39. The number of aromatic nitrogens is 2. The standard InChI is InChI=1S/C9H13N3O5S/c10-7-3(14)1-12(9(18)11-7)8-6(16)5(15)4(2-13)17-8/h1,4-6,8,13-16H,2H2,(H2,10,11,18)/t4-,5?,6?,8-/m1/s1. The van der Waals surface area contributed by atoms with Crippen molar-refractivity contribution >= 4 is 18.0 Å². The second-order valence-corrected chi connectivity index (χ2v) is 4.30. The van der Waals surface area contributed by atoms with Crippen LogP contribution in [0.15, 0.2) is 6.20 Å². The normalized spacial score (nSPS) is 31.7. The Hall–Kier alpha value is -1.26. The third kappa shape index (κ3) is 2.06. The topological polar surface area (TPSA) is 134 Å². The van der Waals surface area contributed by atoms with Crippen molar-refractivity contribution in [1.82, 2.24) is 9.55 Å². The average molecular weight is 275 g/mol. The molecule has 0 bridgehead atoms. The SMILES string of the molecule is Nc1nc(=S)n([C@@H]2O[C@H](CO)C(O)C2O)cc1O. The quantitative estimate of drug-likeness (QED) is 0.412. The summed E-state index contributed by atoms with van der Waals surface area (Å²) in [5, 5.41) is 37.8. The summed E-state index contributed by atoms with van der Waals surface area (Å²) in [7, 11) is 0. The Bertz CT molecular complexity index is 507. The molecule has 8 nitrogen and oxygen atoms in total. The molecule has 9 heteroatoms. The van der Waals surface area contributed by atoms with Crippen LogP contribution in [-0.4, -0.2) is 54.9 Å². The second-order valence-electron chi connectivity index (χ2n) is 3.93. The summed E-state index contributed by atoms with van der Waals surface area (Å²) in [6.45, 7) is -0.448. The van der Waals surface area contributed by atoms with Crippen LogP contribution >= 0.6 is 12.2 Å². The van der Waals surface area contributed by atoms with E-state index in [-0.39, 0.29) is 16.3 Å². The number of nitrogen functional groups attached to an aromatic ring is 1. The van der Waals surface area contributed by atoms with Gasteiger partial charge in [-0.3, -0.25) is 4.57 Å². The van der Waals surface area contributed by atoms with Gasteiger partial charge >= 0.3 is 0 Å². The zero-order valence-electron chi connectivity index (χ0n) is 9.17. The maximum atomic E-state index is 9.80. The Morgan fingerprint density at radius 1 is 1.44 bits per heavy atom. The molecule has 0 amide bonds. The number of anilines is 1. The van der Waals surface area contributed by atoms with Crippen molar-refractivity contribution in [2.24, 2.45) is 0 Å². The van der Waals surface area contributed by atoms with Gasteiger partial charge in [-0.05, 0) is 12.2 Å². The molecule has 1 aromatic rings. The molecule has 6 N–H and O–H groups in total. The van der Waals surface area contributed by atoms with Gasteiger partial charge in [-0.15, -0.1) is 0 Å². The van der Waals surface area contributed by atoms with E-state index in [1.54, 1.807) is 0 Å². The first-order valence-electron chi connectivity index (χ1n) is 5.15. The number of ether oxygens (including phenoxy) is 1. The van der Waals surface area contributed by atoms with E-state index in [0.717, 1.165) is 6.20 Å². The fraction of sp³-hybridized carbons (Fsp3) is 0.556. The highest BCUT2D eigenvalue weighted by atomic mass is 32.1. The van der Waals surface area contributed by atoms with E-state index in [1.165, 1.54) is 4.57 Å². The van der Waals surface area contributed by atoms with Gasteiger partial charge in [-0.2, -0.15) is 4.98 Å². The summed E-state index contributed by atoms with van der Waals surface area (Å²) < 4.78 is 6.41. The van der Waals surface area contributed by atoms with Crippen molar-refractivity contribution in [1.29, 1.82) is 0 Å². The zero-order chi connectivity index (χ0) is 13.4. The smallest absolute Gasteiger partial charge is 0.203 e. The molecule has 1 aliphatic heterocycles. The fourth-order valence-corrected chi connectivity index (χ4v) is 2.02. The lowest BCUT2D eigenvalue weighted by Gasteiger charge is -2.18. The lowest BCUT2D eigenvalue weighted by Crippen LogP contribution is -2.33. The Morgan fingerprint density at radius 2 is 2.11 bits per heavy atom. The van der Waals surface area contributed by atoms with Gasteiger partial charge in [0.25, 0.3) is 0 Å². The van der Waals surface area contributed by atoms with E-state index in [1.807, 2.05) is 0 Å². The highest BCUT2D eigenvalue weighted by Crippen LogP contribution is 2.30. The first-order chi connectivity index (χ1) is 8.45. The highest BCUT2D eigenvalue weighted by molar-refractivity contribution is 7.71. The van der Waals surface area contributed by atoms with Crippen LogP contribution in [0.25, 0.3) is 0 Å². The maximum Gasteiger partial charge on any atom is 0.203 e. The number of rotatable bonds is 2. The van der Waals surface area contributed by atoms with Crippen molar-refractivity contribution in [2.45, 2.75) is 24.5 Å². The van der Waals surface area contributed by atoms with E-state index < -0.39 is 31.1 Å². The predicted octanol–water partition coefficient (Wildman–Crippen LogP) is -1.49. The Labute approximate surface area is 107 Å². The summed E-state index contributed by atoms with van der Waals surface area (Å²) in [5.74, 6) is -0.454. The molecule has 1 saturated heterocycles. The minimum Gasteiger partial charge on any atom is -0.503 e. The molecule has 0 saturated carbocycles. The molecule has 2 unspecified atom stereocenters. The van der Waals surface area contributed by atoms with Crippen LogP contribution in [0.5, 0.6) is 5.75 Å². The molecule has 0 spiro atoms. The molecule has 0 aliphatic carbocycles. The molecule has 18 heavy (non-hydrogen) atoms. The van der Waals surface area contributed by atoms with Crippen LogP contribution in [-0.2, 0) is 4.74 Å². The minimum absolute atomic E-state index is 0.0138. The molecule has 0 radical (unpaired) electrons. The average Bonchev–Trinajstić information content (AvgIpc) is 2.61. The maximum absolute atomic E-state index is 9.80. The predicted molar refractivity (Wildman–Crippen MR) is 62.1 cm³/mol. The van der Waals surface area contributed by atoms with Gasteiger partial charge < -0.3 is 30.9 Å². The molecule has 0 aromatic carbocycles. The van der Waals surface area contributed by atoms with Crippen LogP contribution in [0, 0.1) is 4.77 Å². The van der Waals surface area contributed by atoms with Gasteiger partial charge in [0.05, 0.1) is 12.8 Å². The first-order valence-corrected chi connectivity index (χ1v) is 5.56. The first kappa shape index (κ1) is 13.2. The van der Waals surface area contributed by atoms with Crippen molar-refractivity contribution < 1.29 is 25.2 Å². The van der Waals surface area contributed by atoms with Gasteiger partial charge in [0.1, 0.15) is 18.3 Å². The second kappa shape index (κ2) is 4.78. The van der Waals surface area contributed by atoms with Crippen LogP contribution in [0.4, 0.5) is 5.82 Å². The number of aromatic hydroxyl groups is 1. The van der Waals surface area contributed by atoms with Crippen LogP contribution in [0.2, 0.25) is 0 Å². The Morgan fingerprint density at radius 3 is 2.67 bits per heavy atom. The van der Waals surface area contributed by atoms with Gasteiger partial charge in [-0.1, -0.05) is 0 Å². The molecular weight excluding hydrogens is 262 g/mol. The van der Waals surface area contributed by atoms with E-state index in [2.05, 4.69) is 4.98 Å². The molecule has 100 valence electrons. The lowest BCUT2D eigenvalue weighted by molar-refractivity contribution is -0.0542. The monoisotopic (exact) mass is 275 g/mol. The summed E-state index contributed by atoms with van der Waals surface area (Å²) in [5.41, 5.74) is 5.37. The van der Waals surface area contributed by atoms with Crippen molar-refractivity contribution in [3.8, 4) is 5.75 Å². The molecule has 2 heterocycles. The summed E-state index contributed by atoms with van der Waals surface area (Å²) in [4.78, 5) is 3.70. The van der Waals surface area contributed by atoms with Gasteiger partial charge in [0.15, 0.2) is 17.8 Å². The van der Waals surface area contributed by atoms with Gasteiger partial charge in [0.2, 0.25) is 4.77 Å². The number of aliphatic hydroxyl groups is 3. The molecule has 4 atom stereocenters.